The molecule has 3 N–H and O–H groups in total. The molecule has 1 aliphatic carbocycles. The van der Waals surface area contributed by atoms with Crippen LogP contribution in [0, 0.1) is 27.2 Å². The van der Waals surface area contributed by atoms with Crippen LogP contribution in [-0.2, 0) is 19.5 Å². The molecule has 0 bridgehead atoms. The Balaban J connectivity index is 0.924. The van der Waals surface area contributed by atoms with Gasteiger partial charge in [0.15, 0.2) is 0 Å². The number of sulfonamides is 1. The van der Waals surface area contributed by atoms with Gasteiger partial charge in [-0.3, -0.25) is 19.8 Å². The lowest BCUT2D eigenvalue weighted by Crippen LogP contribution is -2.47. The van der Waals surface area contributed by atoms with Crippen LogP contribution < -0.4 is 19.7 Å². The molecule has 350 valence electrons. The maximum atomic E-state index is 14.8. The fourth-order valence-electron chi connectivity index (χ4n) is 8.74. The summed E-state index contributed by atoms with van der Waals surface area (Å²) in [5.41, 5.74) is 4.75. The van der Waals surface area contributed by atoms with Crippen LogP contribution in [0.2, 0.25) is 0 Å². The van der Waals surface area contributed by atoms with Gasteiger partial charge in [0.05, 0.1) is 47.5 Å². The molecule has 0 saturated carbocycles. The van der Waals surface area contributed by atoms with Gasteiger partial charge in [-0.2, -0.15) is 0 Å². The van der Waals surface area contributed by atoms with Crippen LogP contribution in [0.1, 0.15) is 48.3 Å². The lowest BCUT2D eigenvalue weighted by atomic mass is 9.73. The summed E-state index contributed by atoms with van der Waals surface area (Å²) >= 11 is 1.59. The van der Waals surface area contributed by atoms with Crippen molar-refractivity contribution in [3.63, 3.8) is 0 Å². The number of halogens is 2. The van der Waals surface area contributed by atoms with E-state index in [1.807, 2.05) is 17.5 Å². The Hall–Kier alpha value is -6.25. The third-order valence-electron chi connectivity index (χ3n) is 12.4. The molecule has 3 aliphatic rings. The smallest absolute Gasteiger partial charge is 0.293 e. The van der Waals surface area contributed by atoms with Crippen molar-refractivity contribution in [3.8, 4) is 22.6 Å². The lowest BCUT2D eigenvalue weighted by Gasteiger charge is -2.39. The van der Waals surface area contributed by atoms with Crippen LogP contribution in [0.4, 0.5) is 25.8 Å². The first kappa shape index (κ1) is 45.9. The number of aromatic amines is 1. The van der Waals surface area contributed by atoms with E-state index < -0.39 is 43.1 Å². The average molecular weight is 954 g/mol. The monoisotopic (exact) mass is 953 g/mol. The molecule has 2 aliphatic heterocycles. The van der Waals surface area contributed by atoms with Crippen LogP contribution in [0.3, 0.4) is 0 Å². The number of carbonyl (C=O) groups excluding carboxylic acids is 1. The number of rotatable bonds is 14. The van der Waals surface area contributed by atoms with Crippen LogP contribution in [0.15, 0.2) is 101 Å². The number of anilines is 2. The van der Waals surface area contributed by atoms with Gasteiger partial charge >= 0.3 is 0 Å². The summed E-state index contributed by atoms with van der Waals surface area (Å²) in [6.07, 6.45) is 5.77. The molecular formula is C48H49F2N7O8S2. The first-order valence-corrected chi connectivity index (χ1v) is 24.3. The number of nitro benzene ring substituents is 1. The molecule has 15 nitrogen and oxygen atoms in total. The highest BCUT2D eigenvalue weighted by Crippen LogP contribution is 2.46. The van der Waals surface area contributed by atoms with Crippen LogP contribution in [0.5, 0.6) is 11.5 Å². The number of aromatic nitrogens is 2. The molecule has 2 saturated heterocycles. The average Bonchev–Trinajstić information content (AvgIpc) is 4.00. The second-order valence-electron chi connectivity index (χ2n) is 17.7. The predicted molar refractivity (Wildman–Crippen MR) is 252 cm³/mol. The first-order chi connectivity index (χ1) is 32.2. The molecule has 3 aromatic carbocycles. The van der Waals surface area contributed by atoms with Crippen LogP contribution in [-0.4, -0.2) is 99.3 Å². The summed E-state index contributed by atoms with van der Waals surface area (Å²) in [6, 6.07) is 17.6. The minimum atomic E-state index is -4.61. The van der Waals surface area contributed by atoms with E-state index in [1.165, 1.54) is 47.7 Å². The summed E-state index contributed by atoms with van der Waals surface area (Å²) in [5, 5.41) is 17.7. The number of benzene rings is 3. The molecular weight excluding hydrogens is 905 g/mol. The standard InChI is InChI=1S/C48H49F2N7O8S2/c1-48(2)11-9-31(40(24-48)45-20-32(29-66-45)38-6-3-33(49)21-41(38)50)27-55-13-15-56(16-14-55)34-4-7-39(44(22-34)65-35-19-30-10-12-51-46(30)53-25-35)47(58)54-67(61,62)37-5-8-42(43(23-37)57(59)60)52-26-36-28-63-17-18-64-36/h3-8,10,12,19-23,25,29,36,52H,9,11,13-18,24,26-28H2,1-2H3,(H,51,53)(H,54,58)/t36-/m0/s1. The van der Waals surface area contributed by atoms with Crippen molar-refractivity contribution in [2.45, 2.75) is 44.1 Å². The maximum absolute atomic E-state index is 14.8. The van der Waals surface area contributed by atoms with Gasteiger partial charge in [-0.1, -0.05) is 19.4 Å². The van der Waals surface area contributed by atoms with Crippen molar-refractivity contribution < 1.29 is 41.1 Å². The summed E-state index contributed by atoms with van der Waals surface area (Å²) in [5.74, 6) is -1.79. The topological polar surface area (TPSA) is 181 Å². The second kappa shape index (κ2) is 19.2. The largest absolute Gasteiger partial charge is 0.455 e. The van der Waals surface area contributed by atoms with Gasteiger partial charge in [-0.25, -0.2) is 26.9 Å². The Morgan fingerprint density at radius 2 is 1.88 bits per heavy atom. The molecule has 3 aromatic heterocycles. The van der Waals surface area contributed by atoms with Crippen LogP contribution in [0.25, 0.3) is 27.7 Å². The molecule has 5 heterocycles. The zero-order valence-corrected chi connectivity index (χ0v) is 38.5. The number of ether oxygens (including phenoxy) is 3. The Kier molecular flexibility index (Phi) is 13.1. The summed E-state index contributed by atoms with van der Waals surface area (Å²) in [4.78, 5) is 38.0. The molecule has 9 rings (SSSR count). The number of nitro groups is 1. The quantitative estimate of drug-likeness (QED) is 0.0698. The number of pyridine rings is 1. The molecule has 67 heavy (non-hydrogen) atoms. The van der Waals surface area contributed by atoms with Crippen molar-refractivity contribution in [2.75, 3.05) is 69.3 Å². The van der Waals surface area contributed by atoms with E-state index in [-0.39, 0.29) is 35.1 Å². The van der Waals surface area contributed by atoms with Crippen molar-refractivity contribution >= 4 is 60.9 Å². The Labute approximate surface area is 390 Å². The molecule has 19 heteroatoms. The van der Waals surface area contributed by atoms with Crippen molar-refractivity contribution in [3.05, 3.63) is 128 Å². The minimum absolute atomic E-state index is 0.0822. The first-order valence-electron chi connectivity index (χ1n) is 21.9. The molecule has 6 aromatic rings. The molecule has 1 amide bonds. The lowest BCUT2D eigenvalue weighted by molar-refractivity contribution is -0.384. The van der Waals surface area contributed by atoms with Gasteiger partial charge in [0.25, 0.3) is 21.6 Å². The number of piperazine rings is 1. The molecule has 0 unspecified atom stereocenters. The number of H-pyrrole nitrogens is 1. The van der Waals surface area contributed by atoms with Crippen LogP contribution >= 0.6 is 11.3 Å². The van der Waals surface area contributed by atoms with Gasteiger partial charge in [0.2, 0.25) is 0 Å². The maximum Gasteiger partial charge on any atom is 0.293 e. The van der Waals surface area contributed by atoms with Gasteiger partial charge in [-0.05, 0) is 95.8 Å². The van der Waals surface area contributed by atoms with Crippen molar-refractivity contribution in [2.24, 2.45) is 5.41 Å². The van der Waals surface area contributed by atoms with E-state index in [1.54, 1.807) is 35.7 Å². The van der Waals surface area contributed by atoms with Gasteiger partial charge in [-0.15, -0.1) is 11.3 Å². The third kappa shape index (κ3) is 10.5. The van der Waals surface area contributed by atoms with Gasteiger partial charge in [0, 0.05) is 85.2 Å². The van der Waals surface area contributed by atoms with E-state index in [4.69, 9.17) is 14.2 Å². The summed E-state index contributed by atoms with van der Waals surface area (Å²) < 4.78 is 75.2. The number of allylic oxidation sites excluding steroid dienone is 1. The fraction of sp³-hybridized carbons (Fsp3) is 0.333. The van der Waals surface area contributed by atoms with E-state index in [2.05, 4.69) is 43.7 Å². The SMILES string of the molecule is CC1(C)CCC(CN2CCN(c3ccc(C(=O)NS(=O)(=O)c4ccc(NC[C@H]5COCCO5)c([N+](=O)[O-])c4)c(Oc4cnc5[nH]ccc5c4)c3)CC2)=C(c2cc(-c3ccc(F)cc3F)cs2)C1. The van der Waals surface area contributed by atoms with E-state index in [0.717, 1.165) is 72.5 Å². The number of nitrogens with zero attached hydrogens (tertiary/aromatic N) is 4. The fourth-order valence-corrected chi connectivity index (χ4v) is 10.7. The normalized spacial score (nSPS) is 18.0. The summed E-state index contributed by atoms with van der Waals surface area (Å²) in [7, 11) is -4.61. The summed E-state index contributed by atoms with van der Waals surface area (Å²) in [6.45, 7) is 9.47. The van der Waals surface area contributed by atoms with Gasteiger partial charge in [0.1, 0.15) is 34.5 Å². The number of thiophene rings is 1. The predicted octanol–water partition coefficient (Wildman–Crippen LogP) is 9.00. The highest BCUT2D eigenvalue weighted by molar-refractivity contribution is 7.90. The number of hydrogen-bond acceptors (Lipinski definition) is 13. The molecule has 1 atom stereocenters. The van der Waals surface area contributed by atoms with Crippen molar-refractivity contribution in [1.29, 1.82) is 0 Å². The van der Waals surface area contributed by atoms with Gasteiger partial charge < -0.3 is 29.4 Å². The van der Waals surface area contributed by atoms with E-state index >= 15 is 0 Å². The molecule has 0 spiro atoms. The highest BCUT2D eigenvalue weighted by atomic mass is 32.2. The van der Waals surface area contributed by atoms with E-state index in [0.29, 0.717) is 49.9 Å². The number of hydrogen-bond donors (Lipinski definition) is 3. The second-order valence-corrected chi connectivity index (χ2v) is 20.3. The molecule has 2 fully saturated rings. The van der Waals surface area contributed by atoms with E-state index in [9.17, 15) is 32.1 Å². The molecule has 0 radical (unpaired) electrons. The zero-order chi connectivity index (χ0) is 46.9. The number of amides is 1. The number of nitrogens with one attached hydrogen (secondary N) is 3. The van der Waals surface area contributed by atoms with Crippen molar-refractivity contribution in [1.82, 2.24) is 19.6 Å². The number of carbonyl (C=O) groups is 1. The zero-order valence-electron chi connectivity index (χ0n) is 36.9. The third-order valence-corrected chi connectivity index (χ3v) is 14.7. The Morgan fingerprint density at radius 1 is 1.04 bits per heavy atom. The highest BCUT2D eigenvalue weighted by Gasteiger charge is 2.31. The number of fused-ring (bicyclic) bond motifs is 1. The minimum Gasteiger partial charge on any atom is -0.455 e. The Bertz CT molecular complexity index is 2980. The Morgan fingerprint density at radius 3 is 2.66 bits per heavy atom.